The topological polar surface area (TPSA) is 102 Å². The second kappa shape index (κ2) is 7.44. The first-order valence-electron chi connectivity index (χ1n) is 7.05. The lowest BCUT2D eigenvalue weighted by Gasteiger charge is -2.12. The molecule has 0 aliphatic heterocycles. The van der Waals surface area contributed by atoms with Crippen LogP contribution in [0, 0.1) is 5.82 Å². The van der Waals surface area contributed by atoms with E-state index < -0.39 is 23.1 Å². The Morgan fingerprint density at radius 1 is 1.33 bits per heavy atom. The summed E-state index contributed by atoms with van der Waals surface area (Å²) in [5, 5.41) is 2.44. The van der Waals surface area contributed by atoms with Gasteiger partial charge in [0.25, 0.3) is 5.56 Å². The number of hydrogen-bond acceptors (Lipinski definition) is 5. The average Bonchev–Trinajstić information content (AvgIpc) is 2.57. The third kappa shape index (κ3) is 3.80. The van der Waals surface area contributed by atoms with E-state index >= 15 is 0 Å². The number of rotatable bonds is 5. The van der Waals surface area contributed by atoms with Gasteiger partial charge in [-0.2, -0.15) is 4.39 Å². The van der Waals surface area contributed by atoms with Crippen LogP contribution in [-0.2, 0) is 6.54 Å². The van der Waals surface area contributed by atoms with Crippen LogP contribution in [0.25, 0.3) is 0 Å². The highest BCUT2D eigenvalue weighted by Gasteiger charge is 2.11. The Hall–Kier alpha value is -3.10. The molecule has 1 aromatic carbocycles. The average molecular weight is 337 g/mol. The first-order valence-corrected chi connectivity index (χ1v) is 7.05. The zero-order chi connectivity index (χ0) is 17.7. The van der Waals surface area contributed by atoms with Gasteiger partial charge in [0, 0.05) is 6.54 Å². The van der Waals surface area contributed by atoms with Gasteiger partial charge in [-0.15, -0.1) is 0 Å². The summed E-state index contributed by atoms with van der Waals surface area (Å²) in [7, 11) is 1.49. The lowest BCUT2D eigenvalue weighted by atomic mass is 10.2. The summed E-state index contributed by atoms with van der Waals surface area (Å²) in [5.74, 6) is -0.169. The molecule has 1 heterocycles. The van der Waals surface area contributed by atoms with Gasteiger partial charge in [-0.1, -0.05) is 6.07 Å². The number of halogens is 1. The van der Waals surface area contributed by atoms with Crippen LogP contribution in [0.15, 0.2) is 34.0 Å². The monoisotopic (exact) mass is 337 g/mol. The van der Waals surface area contributed by atoms with Crippen molar-refractivity contribution in [3.8, 4) is 11.5 Å². The number of carbonyl (C=O) groups excluding carboxylic acids is 1. The minimum Gasteiger partial charge on any atom is -0.493 e. The Balaban J connectivity index is 2.13. The SMILES string of the molecule is CCOc1ccc(CNC(=O)n2cc(F)c(=O)[nH]c2=O)cc1OC. The van der Waals surface area contributed by atoms with Crippen molar-refractivity contribution in [1.29, 1.82) is 0 Å². The molecule has 1 amide bonds. The highest BCUT2D eigenvalue weighted by molar-refractivity contribution is 5.76. The number of H-pyrrole nitrogens is 1. The van der Waals surface area contributed by atoms with Crippen molar-refractivity contribution in [2.45, 2.75) is 13.5 Å². The quantitative estimate of drug-likeness (QED) is 0.842. The number of aromatic amines is 1. The minimum absolute atomic E-state index is 0.0643. The molecule has 1 aromatic heterocycles. The molecule has 9 heteroatoms. The van der Waals surface area contributed by atoms with Crippen LogP contribution in [0.5, 0.6) is 11.5 Å². The van der Waals surface area contributed by atoms with Crippen molar-refractivity contribution in [2.75, 3.05) is 13.7 Å². The molecule has 2 rings (SSSR count). The second-order valence-electron chi connectivity index (χ2n) is 4.68. The predicted molar refractivity (Wildman–Crippen MR) is 83.1 cm³/mol. The van der Waals surface area contributed by atoms with E-state index in [0.717, 1.165) is 0 Å². The van der Waals surface area contributed by atoms with Gasteiger partial charge < -0.3 is 14.8 Å². The van der Waals surface area contributed by atoms with Crippen molar-refractivity contribution >= 4 is 6.03 Å². The number of benzene rings is 1. The van der Waals surface area contributed by atoms with E-state index in [9.17, 15) is 18.8 Å². The van der Waals surface area contributed by atoms with E-state index in [-0.39, 0.29) is 6.54 Å². The maximum atomic E-state index is 13.2. The Kier molecular flexibility index (Phi) is 5.35. The number of aromatic nitrogens is 2. The Labute approximate surface area is 135 Å². The van der Waals surface area contributed by atoms with E-state index in [4.69, 9.17) is 9.47 Å². The molecule has 0 spiro atoms. The molecule has 0 aliphatic carbocycles. The third-order valence-corrected chi connectivity index (χ3v) is 3.09. The van der Waals surface area contributed by atoms with Crippen molar-refractivity contribution < 1.29 is 18.7 Å². The molecule has 2 N–H and O–H groups in total. The van der Waals surface area contributed by atoms with E-state index in [0.29, 0.717) is 34.4 Å². The largest absolute Gasteiger partial charge is 0.493 e. The van der Waals surface area contributed by atoms with Gasteiger partial charge in [0.2, 0.25) is 5.82 Å². The van der Waals surface area contributed by atoms with Gasteiger partial charge in [0.1, 0.15) is 0 Å². The molecule has 128 valence electrons. The number of nitrogens with one attached hydrogen (secondary N) is 2. The van der Waals surface area contributed by atoms with E-state index in [1.165, 1.54) is 7.11 Å². The number of amides is 1. The van der Waals surface area contributed by atoms with E-state index in [1.807, 2.05) is 6.92 Å². The predicted octanol–water partition coefficient (Wildman–Crippen LogP) is 0.841. The molecule has 8 nitrogen and oxygen atoms in total. The van der Waals surface area contributed by atoms with Gasteiger partial charge >= 0.3 is 11.7 Å². The Morgan fingerprint density at radius 3 is 2.75 bits per heavy atom. The first-order chi connectivity index (χ1) is 11.5. The maximum Gasteiger partial charge on any atom is 0.336 e. The van der Waals surface area contributed by atoms with Gasteiger partial charge in [-0.25, -0.2) is 14.2 Å². The summed E-state index contributed by atoms with van der Waals surface area (Å²) in [5.41, 5.74) is -1.52. The minimum atomic E-state index is -1.23. The van der Waals surface area contributed by atoms with Gasteiger partial charge in [-0.05, 0) is 24.6 Å². The van der Waals surface area contributed by atoms with E-state index in [1.54, 1.807) is 23.2 Å². The van der Waals surface area contributed by atoms with Crippen LogP contribution in [0.2, 0.25) is 0 Å². The zero-order valence-corrected chi connectivity index (χ0v) is 13.1. The van der Waals surface area contributed by atoms with Crippen molar-refractivity contribution in [2.24, 2.45) is 0 Å². The smallest absolute Gasteiger partial charge is 0.336 e. The van der Waals surface area contributed by atoms with Crippen LogP contribution >= 0.6 is 0 Å². The highest BCUT2D eigenvalue weighted by Crippen LogP contribution is 2.27. The fraction of sp³-hybridized carbons (Fsp3) is 0.267. The molecule has 0 bridgehead atoms. The molecule has 0 fully saturated rings. The van der Waals surface area contributed by atoms with Crippen LogP contribution in [0.4, 0.5) is 9.18 Å². The van der Waals surface area contributed by atoms with Crippen LogP contribution < -0.4 is 26.0 Å². The molecule has 0 saturated carbocycles. The molecule has 2 aromatic rings. The van der Waals surface area contributed by atoms with Gasteiger partial charge in [0.05, 0.1) is 19.9 Å². The summed E-state index contributed by atoms with van der Waals surface area (Å²) < 4.78 is 24.2. The molecule has 24 heavy (non-hydrogen) atoms. The normalized spacial score (nSPS) is 10.3. The number of ether oxygens (including phenoxy) is 2. The molecule has 0 unspecified atom stereocenters. The van der Waals surface area contributed by atoms with Crippen molar-refractivity contribution in [3.63, 3.8) is 0 Å². The van der Waals surface area contributed by atoms with Gasteiger partial charge in [-0.3, -0.25) is 9.78 Å². The fourth-order valence-corrected chi connectivity index (χ4v) is 1.96. The Bertz CT molecular complexity index is 859. The summed E-state index contributed by atoms with van der Waals surface area (Å²) >= 11 is 0. The summed E-state index contributed by atoms with van der Waals surface area (Å²) in [6.45, 7) is 2.39. The standard InChI is InChI=1S/C15H16FN3O5/c1-3-24-11-5-4-9(6-12(11)23-2)7-17-14(21)19-8-10(16)13(20)18-15(19)22/h4-6,8H,3,7H2,1-2H3,(H,17,21)(H,18,20,22). The molecule has 0 radical (unpaired) electrons. The van der Waals surface area contributed by atoms with E-state index in [2.05, 4.69) is 5.32 Å². The lowest BCUT2D eigenvalue weighted by molar-refractivity contribution is 0.240. The third-order valence-electron chi connectivity index (χ3n) is 3.09. The second-order valence-corrected chi connectivity index (χ2v) is 4.68. The molecule has 0 aliphatic rings. The molecule has 0 atom stereocenters. The number of hydrogen-bond donors (Lipinski definition) is 2. The fourth-order valence-electron chi connectivity index (χ4n) is 1.96. The van der Waals surface area contributed by atoms with Crippen LogP contribution in [0.1, 0.15) is 12.5 Å². The maximum absolute atomic E-state index is 13.2. The molecular formula is C15H16FN3O5. The lowest BCUT2D eigenvalue weighted by Crippen LogP contribution is -2.40. The van der Waals surface area contributed by atoms with Gasteiger partial charge in [0.15, 0.2) is 11.5 Å². The van der Waals surface area contributed by atoms with Crippen molar-refractivity contribution in [3.05, 3.63) is 56.6 Å². The zero-order valence-electron chi connectivity index (χ0n) is 13.1. The summed E-state index contributed by atoms with van der Waals surface area (Å²) in [4.78, 5) is 36.1. The van der Waals surface area contributed by atoms with Crippen LogP contribution in [0.3, 0.4) is 0 Å². The molecular weight excluding hydrogens is 321 g/mol. The Morgan fingerprint density at radius 2 is 2.08 bits per heavy atom. The summed E-state index contributed by atoms with van der Waals surface area (Å²) in [6, 6.07) is 4.20. The van der Waals surface area contributed by atoms with Crippen molar-refractivity contribution in [1.82, 2.24) is 14.9 Å². The van der Waals surface area contributed by atoms with Crippen LogP contribution in [-0.4, -0.2) is 29.3 Å². The first kappa shape index (κ1) is 17.3. The number of nitrogens with zero attached hydrogens (tertiary/aromatic N) is 1. The highest BCUT2D eigenvalue weighted by atomic mass is 19.1. The molecule has 0 saturated heterocycles. The number of methoxy groups -OCH3 is 1. The number of carbonyl (C=O) groups is 1. The summed E-state index contributed by atoms with van der Waals surface area (Å²) in [6.07, 6.45) is 0.537.